The number of para-hydroxylation sites is 1. The van der Waals surface area contributed by atoms with Gasteiger partial charge in [-0.1, -0.05) is 31.2 Å². The highest BCUT2D eigenvalue weighted by Crippen LogP contribution is 2.26. The lowest BCUT2D eigenvalue weighted by molar-refractivity contribution is 0.904. The van der Waals surface area contributed by atoms with Crippen LogP contribution in [0.5, 0.6) is 0 Å². The van der Waals surface area contributed by atoms with Gasteiger partial charge >= 0.3 is 0 Å². The van der Waals surface area contributed by atoms with Crippen LogP contribution in [0.15, 0.2) is 42.5 Å². The van der Waals surface area contributed by atoms with Crippen LogP contribution in [-0.4, -0.2) is 19.6 Å². The van der Waals surface area contributed by atoms with E-state index in [2.05, 4.69) is 54.5 Å². The predicted molar refractivity (Wildman–Crippen MR) is 96.9 cm³/mol. The maximum Gasteiger partial charge on any atom is 0.215 e. The summed E-state index contributed by atoms with van der Waals surface area (Å²) >= 11 is 0. The highest BCUT2D eigenvalue weighted by molar-refractivity contribution is 5.92. The van der Waals surface area contributed by atoms with E-state index in [4.69, 9.17) is 4.98 Å². The van der Waals surface area contributed by atoms with Gasteiger partial charge in [0.1, 0.15) is 5.82 Å². The zero-order valence-corrected chi connectivity index (χ0v) is 14.0. The van der Waals surface area contributed by atoms with Crippen LogP contribution in [0.1, 0.15) is 23.9 Å². The summed E-state index contributed by atoms with van der Waals surface area (Å²) in [7, 11) is 0. The van der Waals surface area contributed by atoms with Crippen molar-refractivity contribution in [3.8, 4) is 0 Å². The van der Waals surface area contributed by atoms with Gasteiger partial charge in [0.05, 0.1) is 5.52 Å². The number of hydrogen-bond donors (Lipinski definition) is 1. The standard InChI is InChI=1S/C19H19N5/c1-4-17-22-23-18-14-7-5-6-8-15(14)20-19(24(17)18)21-16-11-12(2)9-10-13(16)3/h5-11H,4H2,1-3H3,(H,20,21). The largest absolute Gasteiger partial charge is 0.325 e. The van der Waals surface area contributed by atoms with E-state index < -0.39 is 0 Å². The molecule has 0 unspecified atom stereocenters. The zero-order chi connectivity index (χ0) is 16.7. The molecular formula is C19H19N5. The van der Waals surface area contributed by atoms with Gasteiger partial charge in [0.2, 0.25) is 5.95 Å². The molecule has 0 saturated heterocycles. The van der Waals surface area contributed by atoms with Gasteiger partial charge in [-0.3, -0.25) is 0 Å². The van der Waals surface area contributed by atoms with Gasteiger partial charge in [-0.2, -0.15) is 0 Å². The monoisotopic (exact) mass is 317 g/mol. The summed E-state index contributed by atoms with van der Waals surface area (Å²) in [5.74, 6) is 1.65. The Kier molecular flexibility index (Phi) is 3.41. The van der Waals surface area contributed by atoms with Gasteiger partial charge in [0, 0.05) is 17.5 Å². The van der Waals surface area contributed by atoms with Gasteiger partial charge < -0.3 is 5.32 Å². The summed E-state index contributed by atoms with van der Waals surface area (Å²) in [6.07, 6.45) is 0.794. The quantitative estimate of drug-likeness (QED) is 0.615. The molecule has 2 aromatic carbocycles. The molecule has 0 bridgehead atoms. The maximum atomic E-state index is 4.82. The number of rotatable bonds is 3. The molecule has 0 radical (unpaired) electrons. The molecule has 1 N–H and O–H groups in total. The summed E-state index contributed by atoms with van der Waals surface area (Å²) < 4.78 is 2.02. The van der Waals surface area contributed by atoms with Crippen molar-refractivity contribution in [2.45, 2.75) is 27.2 Å². The molecule has 0 fully saturated rings. The van der Waals surface area contributed by atoms with E-state index in [1.165, 1.54) is 11.1 Å². The number of aryl methyl sites for hydroxylation is 3. The fourth-order valence-electron chi connectivity index (χ4n) is 2.94. The van der Waals surface area contributed by atoms with Crippen molar-refractivity contribution in [3.05, 3.63) is 59.4 Å². The molecule has 0 aliphatic rings. The van der Waals surface area contributed by atoms with Crippen molar-refractivity contribution in [3.63, 3.8) is 0 Å². The van der Waals surface area contributed by atoms with Gasteiger partial charge in [-0.25, -0.2) is 9.38 Å². The Labute approximate surface area is 140 Å². The first kappa shape index (κ1) is 14.6. The Bertz CT molecular complexity index is 1050. The van der Waals surface area contributed by atoms with Crippen LogP contribution >= 0.6 is 0 Å². The molecule has 2 aromatic heterocycles. The molecule has 24 heavy (non-hydrogen) atoms. The van der Waals surface area contributed by atoms with Crippen LogP contribution in [0.3, 0.4) is 0 Å². The average molecular weight is 317 g/mol. The number of aromatic nitrogens is 4. The van der Waals surface area contributed by atoms with Gasteiger partial charge in [0.25, 0.3) is 0 Å². The van der Waals surface area contributed by atoms with Crippen molar-refractivity contribution in [2.75, 3.05) is 5.32 Å². The Hall–Kier alpha value is -2.95. The number of nitrogens with one attached hydrogen (secondary N) is 1. The Morgan fingerprint density at radius 2 is 1.88 bits per heavy atom. The third-order valence-corrected chi connectivity index (χ3v) is 4.27. The lowest BCUT2D eigenvalue weighted by Gasteiger charge is -2.13. The molecular weight excluding hydrogens is 298 g/mol. The number of hydrogen-bond acceptors (Lipinski definition) is 4. The van der Waals surface area contributed by atoms with E-state index in [1.54, 1.807) is 0 Å². The van der Waals surface area contributed by atoms with Crippen LogP contribution in [0.25, 0.3) is 16.6 Å². The van der Waals surface area contributed by atoms with Gasteiger partial charge in [-0.05, 0) is 43.2 Å². The van der Waals surface area contributed by atoms with Crippen LogP contribution in [0.2, 0.25) is 0 Å². The minimum absolute atomic E-state index is 0.749. The highest BCUT2D eigenvalue weighted by atomic mass is 15.3. The summed E-state index contributed by atoms with van der Waals surface area (Å²) in [5.41, 5.74) is 5.18. The van der Waals surface area contributed by atoms with Crippen molar-refractivity contribution < 1.29 is 0 Å². The molecule has 0 atom stereocenters. The first-order valence-electron chi connectivity index (χ1n) is 8.14. The topological polar surface area (TPSA) is 55.1 Å². The normalized spacial score (nSPS) is 11.3. The SMILES string of the molecule is CCc1nnc2c3ccccc3nc(Nc3cc(C)ccc3C)n12. The van der Waals surface area contributed by atoms with E-state index in [9.17, 15) is 0 Å². The molecule has 4 aromatic rings. The first-order valence-corrected chi connectivity index (χ1v) is 8.14. The van der Waals surface area contributed by atoms with Gasteiger partial charge in [0.15, 0.2) is 5.65 Å². The van der Waals surface area contributed by atoms with Gasteiger partial charge in [-0.15, -0.1) is 10.2 Å². The Morgan fingerprint density at radius 3 is 2.71 bits per heavy atom. The highest BCUT2D eigenvalue weighted by Gasteiger charge is 2.14. The minimum Gasteiger partial charge on any atom is -0.325 e. The van der Waals surface area contributed by atoms with Crippen molar-refractivity contribution in [1.82, 2.24) is 19.6 Å². The van der Waals surface area contributed by atoms with E-state index in [1.807, 2.05) is 28.7 Å². The summed E-state index contributed by atoms with van der Waals surface area (Å²) in [6.45, 7) is 6.25. The maximum absolute atomic E-state index is 4.82. The fraction of sp³-hybridized carbons (Fsp3) is 0.211. The Morgan fingerprint density at radius 1 is 1.04 bits per heavy atom. The van der Waals surface area contributed by atoms with E-state index >= 15 is 0 Å². The molecule has 120 valence electrons. The number of anilines is 2. The summed E-state index contributed by atoms with van der Waals surface area (Å²) in [5, 5.41) is 13.2. The predicted octanol–water partition coefficient (Wildman–Crippen LogP) is 4.20. The van der Waals surface area contributed by atoms with E-state index in [-0.39, 0.29) is 0 Å². The average Bonchev–Trinajstić information content (AvgIpc) is 3.03. The van der Waals surface area contributed by atoms with Crippen molar-refractivity contribution in [2.24, 2.45) is 0 Å². The lowest BCUT2D eigenvalue weighted by Crippen LogP contribution is -2.06. The third-order valence-electron chi connectivity index (χ3n) is 4.27. The fourth-order valence-corrected chi connectivity index (χ4v) is 2.94. The van der Waals surface area contributed by atoms with Crippen LogP contribution < -0.4 is 5.32 Å². The molecule has 5 nitrogen and oxygen atoms in total. The molecule has 4 rings (SSSR count). The minimum atomic E-state index is 0.749. The number of fused-ring (bicyclic) bond motifs is 3. The molecule has 0 saturated carbocycles. The first-order chi connectivity index (χ1) is 11.7. The van der Waals surface area contributed by atoms with E-state index in [0.717, 1.165) is 40.4 Å². The zero-order valence-electron chi connectivity index (χ0n) is 14.0. The van der Waals surface area contributed by atoms with Crippen LogP contribution in [0.4, 0.5) is 11.6 Å². The summed E-state index contributed by atoms with van der Waals surface area (Å²) in [6, 6.07) is 14.4. The number of nitrogens with zero attached hydrogens (tertiary/aromatic N) is 4. The molecule has 2 heterocycles. The molecule has 0 amide bonds. The van der Waals surface area contributed by atoms with Crippen molar-refractivity contribution in [1.29, 1.82) is 0 Å². The van der Waals surface area contributed by atoms with E-state index in [0.29, 0.717) is 0 Å². The number of benzene rings is 2. The van der Waals surface area contributed by atoms with Crippen LogP contribution in [-0.2, 0) is 6.42 Å². The molecule has 0 aliphatic carbocycles. The third kappa shape index (κ3) is 2.29. The Balaban J connectivity index is 1.98. The smallest absolute Gasteiger partial charge is 0.215 e. The molecule has 5 heteroatoms. The second-order valence-corrected chi connectivity index (χ2v) is 6.02. The molecule has 0 spiro atoms. The summed E-state index contributed by atoms with van der Waals surface area (Å²) in [4.78, 5) is 4.82. The van der Waals surface area contributed by atoms with Crippen molar-refractivity contribution >= 4 is 28.2 Å². The second-order valence-electron chi connectivity index (χ2n) is 6.02. The lowest BCUT2D eigenvalue weighted by atomic mass is 10.1. The second kappa shape index (κ2) is 5.60. The molecule has 0 aliphatic heterocycles. The van der Waals surface area contributed by atoms with Crippen LogP contribution in [0, 0.1) is 13.8 Å².